The molecule has 6 aliphatic heterocycles. The molecule has 9 nitrogen and oxygen atoms in total. The lowest BCUT2D eigenvalue weighted by molar-refractivity contribution is 0.117. The van der Waals surface area contributed by atoms with Gasteiger partial charge < -0.3 is 40.0 Å². The Morgan fingerprint density at radius 3 is 0.873 bits per heavy atom. The van der Waals surface area contributed by atoms with Gasteiger partial charge in [-0.15, -0.1) is 0 Å². The second kappa shape index (κ2) is 58.5. The zero-order valence-electron chi connectivity index (χ0n) is 77.4. The van der Waals surface area contributed by atoms with Crippen molar-refractivity contribution in [1.29, 1.82) is 0 Å². The lowest BCUT2D eigenvalue weighted by Gasteiger charge is -2.37. The highest BCUT2D eigenvalue weighted by atomic mass is 15.2. The van der Waals surface area contributed by atoms with E-state index in [1.54, 1.807) is 0 Å². The summed E-state index contributed by atoms with van der Waals surface area (Å²) in [7, 11) is 2.19. The SMILES string of the molecule is CC(C)C1CCCN(C(C)C)C1.CC(C)C1CCCN1C(C)C.CC(C)C1CCN(C(C)C)C1.CC(C)C1CCN(C(C)C)CC1.CC(C)C1CCN(C(C)C)CC1.CC(C)CCN(C)C(C)C.CC(C)CCNC(C)C.CC(C)NC1CCC(C(C)C)CC1.CC(C)[C@@H]1CCCN(C(C)C)C1. The lowest BCUT2D eigenvalue weighted by Crippen LogP contribution is -2.41. The molecule has 6 saturated heterocycles. The summed E-state index contributed by atoms with van der Waals surface area (Å²) in [5.74, 6) is 13.6. The lowest BCUT2D eigenvalue weighted by atomic mass is 9.79. The van der Waals surface area contributed by atoms with Crippen LogP contribution in [0.3, 0.4) is 0 Å². The van der Waals surface area contributed by atoms with E-state index in [9.17, 15) is 0 Å². The first kappa shape index (κ1) is 104. The zero-order valence-corrected chi connectivity index (χ0v) is 77.4. The van der Waals surface area contributed by atoms with Gasteiger partial charge in [-0.3, -0.25) is 4.90 Å². The van der Waals surface area contributed by atoms with E-state index in [2.05, 4.69) is 301 Å². The quantitative estimate of drug-likeness (QED) is 0.104. The highest BCUT2D eigenvalue weighted by Gasteiger charge is 2.31. The molecule has 0 radical (unpaired) electrons. The highest BCUT2D eigenvalue weighted by Crippen LogP contribution is 2.32. The van der Waals surface area contributed by atoms with Crippen molar-refractivity contribution in [3.63, 3.8) is 0 Å². The summed E-state index contributed by atoms with van der Waals surface area (Å²) in [6.45, 7) is 99.9. The smallest absolute Gasteiger partial charge is 0.0121 e. The fourth-order valence-electron chi connectivity index (χ4n) is 16.1. The third kappa shape index (κ3) is 49.7. The molecule has 3 unspecified atom stereocenters. The Hall–Kier alpha value is -0.360. The van der Waals surface area contributed by atoms with Crippen LogP contribution in [0.5, 0.6) is 0 Å². The Bertz CT molecular complexity index is 1670. The molecule has 0 spiro atoms. The van der Waals surface area contributed by atoms with Gasteiger partial charge in [0, 0.05) is 86.1 Å². The number of nitrogens with one attached hydrogen (secondary N) is 2. The topological polar surface area (TPSA) is 46.7 Å². The van der Waals surface area contributed by atoms with Crippen LogP contribution in [0, 0.1) is 88.8 Å². The predicted octanol–water partition coefficient (Wildman–Crippen LogP) is 23.5. The molecule has 1 saturated carbocycles. The third-order valence-electron chi connectivity index (χ3n) is 25.0. The molecule has 616 valence electrons. The number of nitrogens with zero attached hydrogens (tertiary/aromatic N) is 7. The summed E-state index contributed by atoms with van der Waals surface area (Å²) in [4.78, 5) is 18.1. The van der Waals surface area contributed by atoms with Crippen LogP contribution in [-0.4, -0.2) is 193 Å². The minimum absolute atomic E-state index is 0.642. The minimum atomic E-state index is 0.642. The molecule has 7 fully saturated rings. The van der Waals surface area contributed by atoms with Crippen LogP contribution in [0.1, 0.15) is 358 Å². The fraction of sp³-hybridized carbons (Fsp3) is 1.00. The Morgan fingerprint density at radius 1 is 0.294 bits per heavy atom. The minimum Gasteiger partial charge on any atom is -0.315 e. The summed E-state index contributed by atoms with van der Waals surface area (Å²) >= 11 is 0. The van der Waals surface area contributed by atoms with Gasteiger partial charge in [-0.05, 0) is 367 Å². The van der Waals surface area contributed by atoms with E-state index in [4.69, 9.17) is 0 Å². The maximum atomic E-state index is 3.64. The van der Waals surface area contributed by atoms with Gasteiger partial charge >= 0.3 is 0 Å². The van der Waals surface area contributed by atoms with Gasteiger partial charge in [0.15, 0.2) is 0 Å². The molecule has 102 heavy (non-hydrogen) atoms. The number of hydrogen-bond donors (Lipinski definition) is 2. The summed E-state index contributed by atoms with van der Waals surface area (Å²) in [5.41, 5.74) is 0. The van der Waals surface area contributed by atoms with Crippen LogP contribution < -0.4 is 10.6 Å². The van der Waals surface area contributed by atoms with Crippen LogP contribution in [0.4, 0.5) is 0 Å². The summed E-state index contributed by atoms with van der Waals surface area (Å²) < 4.78 is 0. The number of hydrogen-bond acceptors (Lipinski definition) is 9. The Kier molecular flexibility index (Phi) is 59.5. The second-order valence-corrected chi connectivity index (χ2v) is 39.8. The van der Waals surface area contributed by atoms with E-state index >= 15 is 0 Å². The van der Waals surface area contributed by atoms with Crippen molar-refractivity contribution in [3.05, 3.63) is 0 Å². The molecule has 4 atom stereocenters. The van der Waals surface area contributed by atoms with Gasteiger partial charge in [-0.2, -0.15) is 0 Å². The van der Waals surface area contributed by atoms with Crippen molar-refractivity contribution in [2.45, 2.75) is 425 Å². The van der Waals surface area contributed by atoms with E-state index in [0.717, 1.165) is 144 Å². The molecule has 2 N–H and O–H groups in total. The molecule has 0 amide bonds. The van der Waals surface area contributed by atoms with Crippen molar-refractivity contribution < 1.29 is 0 Å². The van der Waals surface area contributed by atoms with Gasteiger partial charge in [0.1, 0.15) is 0 Å². The van der Waals surface area contributed by atoms with E-state index in [1.807, 2.05) is 0 Å². The van der Waals surface area contributed by atoms with Gasteiger partial charge in [0.25, 0.3) is 0 Å². The molecule has 1 aliphatic carbocycles. The molecule has 7 rings (SSSR count). The highest BCUT2D eigenvalue weighted by molar-refractivity contribution is 4.85. The monoisotopic (exact) mass is 1440 g/mol. The van der Waals surface area contributed by atoms with Gasteiger partial charge in [-0.1, -0.05) is 152 Å². The molecule has 0 aromatic heterocycles. The largest absolute Gasteiger partial charge is 0.315 e. The van der Waals surface area contributed by atoms with E-state index in [-0.39, 0.29) is 0 Å². The summed E-state index contributed by atoms with van der Waals surface area (Å²) in [6.07, 6.45) is 23.8. The van der Waals surface area contributed by atoms with Crippen molar-refractivity contribution in [3.8, 4) is 0 Å². The Labute approximate surface area is 647 Å². The van der Waals surface area contributed by atoms with Crippen molar-refractivity contribution in [2.24, 2.45) is 88.8 Å². The maximum Gasteiger partial charge on any atom is 0.0121 e. The fourth-order valence-corrected chi connectivity index (χ4v) is 16.1. The molecule has 0 bridgehead atoms. The average molecular weight is 1440 g/mol. The molecule has 0 aromatic carbocycles. The van der Waals surface area contributed by atoms with Gasteiger partial charge in [0.05, 0.1) is 0 Å². The van der Waals surface area contributed by atoms with Crippen LogP contribution >= 0.6 is 0 Å². The Morgan fingerprint density at radius 2 is 0.608 bits per heavy atom. The molecule has 0 aromatic rings. The molecule has 7 aliphatic rings. The molecular formula is C93H199N9. The molecular weight excluding hydrogens is 1240 g/mol. The molecule has 9 heteroatoms. The molecule has 6 heterocycles. The van der Waals surface area contributed by atoms with Gasteiger partial charge in [-0.25, -0.2) is 0 Å². The first-order valence-corrected chi connectivity index (χ1v) is 45.1. The van der Waals surface area contributed by atoms with Crippen molar-refractivity contribution in [2.75, 3.05) is 92.1 Å². The van der Waals surface area contributed by atoms with E-state index < -0.39 is 0 Å². The predicted molar refractivity (Wildman–Crippen MR) is 465 cm³/mol. The number of piperidine rings is 4. The average Bonchev–Trinajstić information content (AvgIpc) is 1.17. The van der Waals surface area contributed by atoms with Crippen molar-refractivity contribution in [1.82, 2.24) is 44.9 Å². The first-order valence-electron chi connectivity index (χ1n) is 45.1. The van der Waals surface area contributed by atoms with Crippen LogP contribution in [0.2, 0.25) is 0 Å². The van der Waals surface area contributed by atoms with Crippen LogP contribution in [0.15, 0.2) is 0 Å². The summed E-state index contributed by atoms with van der Waals surface area (Å²) in [6, 6.07) is 8.12. The standard InChI is InChI=1S/C12H25N.4C11H23N.2C10H21N.C9H21N.C8H19N/c1-9(2)11-5-7-12(8-6-11)13-10(3)4;2*1-9(2)11-5-7-12(8-6-11)10(3)4;2*1-9(2)11-6-5-7-12(8-11)10(3)4;1-8(2)10-5-6-11(7-10)9(3)4;1-8(2)10-6-5-7-11(10)9(3)4;1-8(2)6-7-10(5)9(3)4;1-7(2)5-6-9-8(3)4/h9-13H,5-8H2,1-4H3;4*9-11H,5-8H2,1-4H3;2*8-10H,5-7H2,1-4H3;8-9H,6-7H2,1-5H3;7-9H,5-6H2,1-4H3/t;;;11-;;;;;/m...1...../s1. The van der Waals surface area contributed by atoms with Crippen molar-refractivity contribution >= 4 is 0 Å². The Balaban J connectivity index is 0. The second-order valence-electron chi connectivity index (χ2n) is 39.8. The van der Waals surface area contributed by atoms with Crippen LogP contribution in [-0.2, 0) is 0 Å². The third-order valence-corrected chi connectivity index (χ3v) is 25.0. The number of rotatable bonds is 23. The van der Waals surface area contributed by atoms with Crippen LogP contribution in [0.25, 0.3) is 0 Å². The van der Waals surface area contributed by atoms with E-state index in [0.29, 0.717) is 18.1 Å². The zero-order chi connectivity index (χ0) is 78.7. The summed E-state index contributed by atoms with van der Waals surface area (Å²) in [5, 5.41) is 7.02. The first-order chi connectivity index (χ1) is 47.4. The normalized spacial score (nSPS) is 23.5. The number of likely N-dealkylation sites (tertiary alicyclic amines) is 6. The van der Waals surface area contributed by atoms with E-state index in [1.165, 1.54) is 188 Å². The van der Waals surface area contributed by atoms with Gasteiger partial charge in [0.2, 0.25) is 0 Å². The maximum absolute atomic E-state index is 3.64.